The number of amidine groups is 1. The highest BCUT2D eigenvalue weighted by Crippen LogP contribution is 2.31. The number of fused-ring (bicyclic) bond motifs is 1. The number of carbonyl (C=O) groups excluding carboxylic acids is 2. The van der Waals surface area contributed by atoms with Gasteiger partial charge in [-0.05, 0) is 97.7 Å². The van der Waals surface area contributed by atoms with E-state index in [4.69, 9.17) is 11.5 Å². The summed E-state index contributed by atoms with van der Waals surface area (Å²) in [7, 11) is 0. The summed E-state index contributed by atoms with van der Waals surface area (Å²) in [5.41, 5.74) is 18.2. The van der Waals surface area contributed by atoms with Crippen LogP contribution in [0.3, 0.4) is 0 Å². The number of amides is 1. The van der Waals surface area contributed by atoms with Crippen molar-refractivity contribution < 1.29 is 9.59 Å². The van der Waals surface area contributed by atoms with Gasteiger partial charge in [0.2, 0.25) is 5.91 Å². The molecule has 1 aromatic heterocycles. The summed E-state index contributed by atoms with van der Waals surface area (Å²) >= 11 is 0. The number of azo groups is 1. The number of ketones is 1. The van der Waals surface area contributed by atoms with Gasteiger partial charge in [-0.15, -0.1) is 5.11 Å². The molecule has 2 aliphatic rings. The van der Waals surface area contributed by atoms with Gasteiger partial charge in [-0.25, -0.2) is 9.98 Å². The second-order valence-corrected chi connectivity index (χ2v) is 12.1. The molecule has 0 spiro atoms. The maximum absolute atomic E-state index is 13.7. The van der Waals surface area contributed by atoms with Crippen molar-refractivity contribution in [1.82, 2.24) is 9.55 Å². The van der Waals surface area contributed by atoms with Crippen LogP contribution in [0.4, 0.5) is 5.69 Å². The van der Waals surface area contributed by atoms with Crippen molar-refractivity contribution in [3.05, 3.63) is 84.2 Å². The van der Waals surface area contributed by atoms with Gasteiger partial charge in [-0.3, -0.25) is 9.59 Å². The zero-order chi connectivity index (χ0) is 31.2. The lowest BCUT2D eigenvalue weighted by atomic mass is 9.77. The van der Waals surface area contributed by atoms with E-state index in [1.54, 1.807) is 0 Å². The molecule has 0 bridgehead atoms. The molecule has 1 aliphatic carbocycles. The zero-order valence-electron chi connectivity index (χ0n) is 25.4. The summed E-state index contributed by atoms with van der Waals surface area (Å²) in [4.78, 5) is 35.9. The first-order chi connectivity index (χ1) is 22.0. The Morgan fingerprint density at radius 3 is 2.30 bits per heavy atom. The fourth-order valence-corrected chi connectivity index (χ4v) is 6.39. The number of hydrogen-bond acceptors (Lipinski definition) is 8. The maximum atomic E-state index is 13.7. The van der Waals surface area contributed by atoms with Crippen molar-refractivity contribution in [2.45, 2.75) is 52.5 Å². The van der Waals surface area contributed by atoms with E-state index in [1.165, 1.54) is 0 Å². The van der Waals surface area contributed by atoms with Gasteiger partial charge in [0, 0.05) is 42.6 Å². The second kappa shape index (κ2) is 15.2. The highest BCUT2D eigenvalue weighted by atomic mass is 16.2. The summed E-state index contributed by atoms with van der Waals surface area (Å²) in [6, 6.07) is 21.9. The quantitative estimate of drug-likeness (QED) is 0.178. The maximum Gasteiger partial charge on any atom is 0.228 e. The molecule has 46 heavy (non-hydrogen) atoms. The molecule has 0 unspecified atom stereocenters. The summed E-state index contributed by atoms with van der Waals surface area (Å²) in [6.45, 7) is 2.30. The van der Waals surface area contributed by atoms with Crippen LogP contribution in [0.5, 0.6) is 0 Å². The number of anilines is 1. The van der Waals surface area contributed by atoms with Gasteiger partial charge in [0.15, 0.2) is 12.5 Å². The minimum Gasteiger partial charge on any atom is -0.330 e. The van der Waals surface area contributed by atoms with Gasteiger partial charge in [-0.2, -0.15) is 5.11 Å². The van der Waals surface area contributed by atoms with E-state index >= 15 is 0 Å². The van der Waals surface area contributed by atoms with Gasteiger partial charge in [0.25, 0.3) is 0 Å². The Morgan fingerprint density at radius 2 is 1.63 bits per heavy atom. The van der Waals surface area contributed by atoms with Crippen LogP contribution in [0.2, 0.25) is 0 Å². The van der Waals surface area contributed by atoms with E-state index < -0.39 is 5.92 Å². The number of aliphatic imine (C=N–C) groups is 1. The Hall–Kier alpha value is -4.54. The molecule has 1 saturated carbocycles. The smallest absolute Gasteiger partial charge is 0.228 e. The predicted octanol–water partition coefficient (Wildman–Crippen LogP) is 5.99. The Kier molecular flexibility index (Phi) is 10.8. The number of nitrogens with zero attached hydrogens (tertiary/aromatic N) is 5. The van der Waals surface area contributed by atoms with Crippen LogP contribution in [-0.2, 0) is 22.6 Å². The Morgan fingerprint density at radius 1 is 0.913 bits per heavy atom. The van der Waals surface area contributed by atoms with Crippen LogP contribution in [0.15, 0.2) is 88.3 Å². The third kappa shape index (κ3) is 7.63. The van der Waals surface area contributed by atoms with Gasteiger partial charge >= 0.3 is 0 Å². The first-order valence-corrected chi connectivity index (χ1v) is 15.8. The molecule has 1 fully saturated rings. The van der Waals surface area contributed by atoms with Crippen molar-refractivity contribution in [1.29, 1.82) is 0 Å². The average molecular weight is 621 g/mol. The minimum atomic E-state index is -0.494. The Balaban J connectivity index is 0.00000417. The molecule has 2 heterocycles. The molecular formula is C36H44N8O2. The largest absolute Gasteiger partial charge is 0.330 e. The molecule has 0 saturated heterocycles. The molecule has 1 aliphatic heterocycles. The number of Topliss-reactive ketones (excluding diaryl/α,β-unsaturated/α-hetero) is 1. The molecule has 0 radical (unpaired) electrons. The van der Waals surface area contributed by atoms with Crippen molar-refractivity contribution in [2.24, 2.45) is 44.4 Å². The number of nitrogens with two attached hydrogens (primary N) is 2. The molecule has 1 amide bonds. The van der Waals surface area contributed by atoms with E-state index in [0.29, 0.717) is 43.6 Å². The van der Waals surface area contributed by atoms with Crippen LogP contribution in [0, 0.1) is 17.8 Å². The van der Waals surface area contributed by atoms with Crippen LogP contribution in [0.1, 0.15) is 50.7 Å². The Labute approximate surface area is 270 Å². The van der Waals surface area contributed by atoms with Crippen LogP contribution in [0.25, 0.3) is 22.2 Å². The topological polar surface area (TPSA) is 153 Å². The molecule has 10 nitrogen and oxygen atoms in total. The molecule has 6 rings (SSSR count). The van der Waals surface area contributed by atoms with E-state index in [-0.39, 0.29) is 31.5 Å². The average Bonchev–Trinajstić information content (AvgIpc) is 3.76. The SMILES string of the molecule is C.NCCn1cnc2cc(-c3ccc(C[C@H](CC(=O)C4CCC(CN)CC4)C(=O)Nc4ccc(C5=NCN=N5)cc4)cc3)ccc21. The summed E-state index contributed by atoms with van der Waals surface area (Å²) in [6.07, 6.45) is 6.15. The summed E-state index contributed by atoms with van der Waals surface area (Å²) in [5, 5.41) is 11.0. The molecular weight excluding hydrogens is 576 g/mol. The van der Waals surface area contributed by atoms with E-state index in [9.17, 15) is 9.59 Å². The monoisotopic (exact) mass is 620 g/mol. The first-order valence-electron chi connectivity index (χ1n) is 15.8. The fraction of sp³-hybridized carbons (Fsp3) is 0.389. The number of nitrogens with one attached hydrogen (secondary N) is 1. The van der Waals surface area contributed by atoms with Crippen molar-refractivity contribution in [2.75, 3.05) is 25.1 Å². The minimum absolute atomic E-state index is 0. The first kappa shape index (κ1) is 32.8. The molecule has 5 N–H and O–H groups in total. The van der Waals surface area contributed by atoms with E-state index in [2.05, 4.69) is 72.6 Å². The molecule has 1 atom stereocenters. The third-order valence-corrected chi connectivity index (χ3v) is 9.07. The van der Waals surface area contributed by atoms with Crippen LogP contribution < -0.4 is 16.8 Å². The summed E-state index contributed by atoms with van der Waals surface area (Å²) in [5.74, 6) is 0.594. The van der Waals surface area contributed by atoms with E-state index in [0.717, 1.165) is 65.5 Å². The van der Waals surface area contributed by atoms with Gasteiger partial charge < -0.3 is 21.4 Å². The van der Waals surface area contributed by atoms with Crippen molar-refractivity contribution in [3.63, 3.8) is 0 Å². The number of rotatable bonds is 12. The standard InChI is InChI=1S/C35H40N8O2.CH4/c36-15-16-43-22-39-31-18-28(11-14-32(31)43)25-5-1-23(2-6-25)17-29(19-33(44)26-7-3-24(20-37)4-8-26)35(45)41-30-12-9-27(10-13-30)34-38-21-40-42-34;/h1-2,5-6,9-14,18,22,24,26,29H,3-4,7-8,15-17,19-21,36-37H2,(H,41,45);1H4/t24?,26?,29-;/m1./s1. The van der Waals surface area contributed by atoms with Gasteiger partial charge in [0.05, 0.1) is 17.4 Å². The van der Waals surface area contributed by atoms with Crippen molar-refractivity contribution >= 4 is 34.2 Å². The second-order valence-electron chi connectivity index (χ2n) is 12.1. The lowest BCUT2D eigenvalue weighted by molar-refractivity contribution is -0.129. The highest BCUT2D eigenvalue weighted by molar-refractivity contribution is 6.01. The number of aromatic nitrogens is 2. The zero-order valence-corrected chi connectivity index (χ0v) is 25.4. The van der Waals surface area contributed by atoms with Gasteiger partial charge in [-0.1, -0.05) is 37.8 Å². The number of imidazole rings is 1. The number of carbonyl (C=O) groups is 2. The normalized spacial score (nSPS) is 18.2. The fourth-order valence-electron chi connectivity index (χ4n) is 6.39. The number of hydrogen-bond donors (Lipinski definition) is 3. The van der Waals surface area contributed by atoms with E-state index in [1.807, 2.05) is 30.6 Å². The molecule has 10 heteroatoms. The summed E-state index contributed by atoms with van der Waals surface area (Å²) < 4.78 is 2.06. The van der Waals surface area contributed by atoms with Crippen LogP contribution in [-0.4, -0.2) is 46.8 Å². The van der Waals surface area contributed by atoms with Gasteiger partial charge in [0.1, 0.15) is 5.78 Å². The predicted molar refractivity (Wildman–Crippen MR) is 184 cm³/mol. The molecule has 240 valence electrons. The molecule has 3 aromatic carbocycles. The van der Waals surface area contributed by atoms with Crippen LogP contribution >= 0.6 is 0 Å². The molecule has 4 aromatic rings. The Bertz CT molecular complexity index is 1700. The number of benzene rings is 3. The lowest BCUT2D eigenvalue weighted by Gasteiger charge is -2.27. The lowest BCUT2D eigenvalue weighted by Crippen LogP contribution is -2.31. The highest BCUT2D eigenvalue weighted by Gasteiger charge is 2.30. The third-order valence-electron chi connectivity index (χ3n) is 9.07. The van der Waals surface area contributed by atoms with Crippen molar-refractivity contribution in [3.8, 4) is 11.1 Å².